The number of aryl methyl sites for hydroxylation is 1. The normalized spacial score (nSPS) is 10.0. The summed E-state index contributed by atoms with van der Waals surface area (Å²) in [6.45, 7) is 5.64. The molecule has 24 heavy (non-hydrogen) atoms. The van der Waals surface area contributed by atoms with E-state index in [0.29, 0.717) is 11.5 Å². The molecule has 0 aliphatic carbocycles. The number of carbonyl (C=O) groups is 1. The van der Waals surface area contributed by atoms with Crippen molar-refractivity contribution in [3.05, 3.63) is 66.7 Å². The molecule has 126 valence electrons. The van der Waals surface area contributed by atoms with Crippen LogP contribution in [0.2, 0.25) is 0 Å². The van der Waals surface area contributed by atoms with Crippen LogP contribution in [0.3, 0.4) is 0 Å². The highest BCUT2D eigenvalue weighted by Crippen LogP contribution is 2.19. The predicted octanol–water partition coefficient (Wildman–Crippen LogP) is 4.54. The van der Waals surface area contributed by atoms with Gasteiger partial charge in [-0.2, -0.15) is 0 Å². The van der Waals surface area contributed by atoms with Crippen molar-refractivity contribution in [3.8, 4) is 17.2 Å². The van der Waals surface area contributed by atoms with Crippen LogP contribution in [-0.2, 0) is 11.2 Å². The van der Waals surface area contributed by atoms with Gasteiger partial charge in [0.2, 0.25) is 6.79 Å². The van der Waals surface area contributed by atoms with Gasteiger partial charge in [-0.05, 0) is 54.8 Å². The first kappa shape index (κ1) is 17.6. The number of benzene rings is 2. The van der Waals surface area contributed by atoms with Gasteiger partial charge in [-0.3, -0.25) is 0 Å². The Morgan fingerprint density at radius 3 is 2.04 bits per heavy atom. The lowest BCUT2D eigenvalue weighted by Crippen LogP contribution is -2.06. The minimum atomic E-state index is -0.491. The molecule has 0 bridgehead atoms. The van der Waals surface area contributed by atoms with Crippen LogP contribution in [0.1, 0.15) is 25.3 Å². The highest BCUT2D eigenvalue weighted by Gasteiger charge is 2.01. The number of esters is 1. The molecule has 0 aliphatic rings. The minimum Gasteiger partial charge on any atom is -0.458 e. The van der Waals surface area contributed by atoms with Gasteiger partial charge in [-0.15, -0.1) is 0 Å². The van der Waals surface area contributed by atoms with Gasteiger partial charge in [0, 0.05) is 6.08 Å². The van der Waals surface area contributed by atoms with Gasteiger partial charge >= 0.3 is 5.97 Å². The van der Waals surface area contributed by atoms with E-state index in [4.69, 9.17) is 14.2 Å². The molecule has 0 aliphatic heterocycles. The fourth-order valence-corrected chi connectivity index (χ4v) is 2.06. The van der Waals surface area contributed by atoms with Crippen molar-refractivity contribution in [1.29, 1.82) is 0 Å². The topological polar surface area (TPSA) is 44.8 Å². The van der Waals surface area contributed by atoms with Crippen LogP contribution >= 0.6 is 0 Å². The van der Waals surface area contributed by atoms with Gasteiger partial charge in [-0.25, -0.2) is 4.79 Å². The zero-order chi connectivity index (χ0) is 17.2. The van der Waals surface area contributed by atoms with E-state index in [-0.39, 0.29) is 6.79 Å². The molecular formula is C20H22O4. The third-order valence-electron chi connectivity index (χ3n) is 3.40. The van der Waals surface area contributed by atoms with Gasteiger partial charge in [0.15, 0.2) is 0 Å². The summed E-state index contributed by atoms with van der Waals surface area (Å²) in [5.74, 6) is 1.35. The fourth-order valence-electron chi connectivity index (χ4n) is 2.06. The zero-order valence-electron chi connectivity index (χ0n) is 13.9. The monoisotopic (exact) mass is 326 g/mol. The number of unbranched alkanes of at least 4 members (excludes halogenated alkanes) is 1. The summed E-state index contributed by atoms with van der Waals surface area (Å²) >= 11 is 0. The average molecular weight is 326 g/mol. The number of ether oxygens (including phenoxy) is 3. The van der Waals surface area contributed by atoms with Crippen molar-refractivity contribution >= 4 is 5.97 Å². The van der Waals surface area contributed by atoms with Crippen LogP contribution < -0.4 is 14.2 Å². The van der Waals surface area contributed by atoms with E-state index in [9.17, 15) is 4.79 Å². The lowest BCUT2D eigenvalue weighted by molar-refractivity contribution is -0.128. The van der Waals surface area contributed by atoms with E-state index in [1.54, 1.807) is 24.3 Å². The van der Waals surface area contributed by atoms with Crippen LogP contribution in [-0.4, -0.2) is 12.8 Å². The van der Waals surface area contributed by atoms with Crippen LogP contribution in [0, 0.1) is 0 Å². The Bertz CT molecular complexity index is 644. The summed E-state index contributed by atoms with van der Waals surface area (Å²) in [7, 11) is 0. The van der Waals surface area contributed by atoms with Crippen molar-refractivity contribution in [2.45, 2.75) is 26.2 Å². The van der Waals surface area contributed by atoms with Gasteiger partial charge in [0.1, 0.15) is 17.2 Å². The largest absolute Gasteiger partial charge is 0.458 e. The number of carbonyl (C=O) groups excluding carboxylic acids is 1. The van der Waals surface area contributed by atoms with E-state index in [0.717, 1.165) is 18.2 Å². The first-order valence-electron chi connectivity index (χ1n) is 8.00. The van der Waals surface area contributed by atoms with Crippen LogP contribution in [0.25, 0.3) is 0 Å². The molecule has 2 rings (SSSR count). The molecule has 0 fully saturated rings. The second-order valence-corrected chi connectivity index (χ2v) is 5.25. The second-order valence-electron chi connectivity index (χ2n) is 5.25. The predicted molar refractivity (Wildman–Crippen MR) is 93.5 cm³/mol. The van der Waals surface area contributed by atoms with Crippen molar-refractivity contribution in [1.82, 2.24) is 0 Å². The quantitative estimate of drug-likeness (QED) is 0.294. The van der Waals surface area contributed by atoms with Gasteiger partial charge < -0.3 is 14.2 Å². The summed E-state index contributed by atoms with van der Waals surface area (Å²) < 4.78 is 16.1. The molecule has 0 atom stereocenters. The Hall–Kier alpha value is -2.75. The molecule has 0 heterocycles. The minimum absolute atomic E-state index is 0.111. The second kappa shape index (κ2) is 9.40. The molecule has 0 radical (unpaired) electrons. The number of hydrogen-bond donors (Lipinski definition) is 0. The molecule has 0 aromatic heterocycles. The maximum absolute atomic E-state index is 11.1. The van der Waals surface area contributed by atoms with E-state index in [1.807, 2.05) is 12.1 Å². The van der Waals surface area contributed by atoms with E-state index in [2.05, 4.69) is 25.6 Å². The molecule has 0 saturated carbocycles. The lowest BCUT2D eigenvalue weighted by atomic mass is 10.1. The third-order valence-corrected chi connectivity index (χ3v) is 3.40. The molecule has 2 aromatic rings. The van der Waals surface area contributed by atoms with Crippen molar-refractivity contribution in [2.24, 2.45) is 0 Å². The SMILES string of the molecule is C=CC(=O)Oc1ccc(OCOc2ccc(CCCC)cc2)cc1. The Kier molecular flexibility index (Phi) is 6.90. The maximum Gasteiger partial charge on any atom is 0.335 e. The van der Waals surface area contributed by atoms with Crippen LogP contribution in [0.5, 0.6) is 17.2 Å². The molecule has 0 spiro atoms. The van der Waals surface area contributed by atoms with Crippen molar-refractivity contribution in [2.75, 3.05) is 6.79 Å². The molecule has 2 aromatic carbocycles. The van der Waals surface area contributed by atoms with Crippen molar-refractivity contribution < 1.29 is 19.0 Å². The standard InChI is InChI=1S/C20H22O4/c1-3-5-6-16-7-9-17(10-8-16)22-15-23-18-11-13-19(14-12-18)24-20(21)4-2/h4,7-14H,2-3,5-6,15H2,1H3. The van der Waals surface area contributed by atoms with Crippen molar-refractivity contribution in [3.63, 3.8) is 0 Å². The summed E-state index contributed by atoms with van der Waals surface area (Å²) in [4.78, 5) is 11.1. The first-order valence-corrected chi connectivity index (χ1v) is 8.00. The smallest absolute Gasteiger partial charge is 0.335 e. The molecular weight excluding hydrogens is 304 g/mol. The number of rotatable bonds is 9. The Balaban J connectivity index is 1.77. The lowest BCUT2D eigenvalue weighted by Gasteiger charge is -2.09. The summed E-state index contributed by atoms with van der Waals surface area (Å²) in [6.07, 6.45) is 4.60. The molecule has 4 nitrogen and oxygen atoms in total. The molecule has 0 N–H and O–H groups in total. The average Bonchev–Trinajstić information content (AvgIpc) is 2.62. The summed E-state index contributed by atoms with van der Waals surface area (Å²) in [6, 6.07) is 14.8. The molecule has 0 unspecified atom stereocenters. The number of hydrogen-bond acceptors (Lipinski definition) is 4. The van der Waals surface area contributed by atoms with Crippen LogP contribution in [0.4, 0.5) is 0 Å². The molecule has 0 saturated heterocycles. The maximum atomic E-state index is 11.1. The van der Waals surface area contributed by atoms with Gasteiger partial charge in [0.25, 0.3) is 0 Å². The Morgan fingerprint density at radius 1 is 0.958 bits per heavy atom. The zero-order valence-corrected chi connectivity index (χ0v) is 13.9. The first-order chi connectivity index (χ1) is 11.7. The summed E-state index contributed by atoms with van der Waals surface area (Å²) in [5.41, 5.74) is 1.31. The van der Waals surface area contributed by atoms with Crippen LogP contribution in [0.15, 0.2) is 61.2 Å². The highest BCUT2D eigenvalue weighted by molar-refractivity contribution is 5.83. The van der Waals surface area contributed by atoms with Gasteiger partial charge in [0.05, 0.1) is 0 Å². The molecule has 0 amide bonds. The van der Waals surface area contributed by atoms with E-state index < -0.39 is 5.97 Å². The molecule has 4 heteroatoms. The Morgan fingerprint density at radius 2 is 1.50 bits per heavy atom. The van der Waals surface area contributed by atoms with E-state index in [1.165, 1.54) is 18.4 Å². The fraction of sp³-hybridized carbons (Fsp3) is 0.250. The highest BCUT2D eigenvalue weighted by atomic mass is 16.7. The van der Waals surface area contributed by atoms with E-state index >= 15 is 0 Å². The van der Waals surface area contributed by atoms with Gasteiger partial charge in [-0.1, -0.05) is 32.1 Å². The Labute approximate surface area is 142 Å². The summed E-state index contributed by atoms with van der Waals surface area (Å²) in [5, 5.41) is 0. The third kappa shape index (κ3) is 5.80.